The van der Waals surface area contributed by atoms with Crippen LogP contribution in [0.1, 0.15) is 15.2 Å². The molecule has 0 spiro atoms. The van der Waals surface area contributed by atoms with Crippen molar-refractivity contribution in [2.45, 2.75) is 0 Å². The predicted octanol–water partition coefficient (Wildman–Crippen LogP) is 2.32. The number of nitrogens with one attached hydrogen (secondary N) is 1. The number of aromatic carboxylic acids is 1. The lowest BCUT2D eigenvalue weighted by Gasteiger charge is -2.04. The van der Waals surface area contributed by atoms with E-state index in [9.17, 15) is 9.90 Å². The van der Waals surface area contributed by atoms with Gasteiger partial charge in [0.15, 0.2) is 0 Å². The number of carboxylic acids is 1. The van der Waals surface area contributed by atoms with Crippen molar-refractivity contribution in [3.63, 3.8) is 0 Å². The molecule has 2 rings (SSSR count). The number of hydrogen-bond acceptors (Lipinski definition) is 5. The SMILES string of the molecule is O=C([O-])c1cccc(N/N=C\c2ccc(Br)s2)c1. The first-order valence-electron chi connectivity index (χ1n) is 5.01. The molecule has 18 heavy (non-hydrogen) atoms. The summed E-state index contributed by atoms with van der Waals surface area (Å²) < 4.78 is 1.03. The summed E-state index contributed by atoms with van der Waals surface area (Å²) in [6, 6.07) is 10.2. The van der Waals surface area contributed by atoms with E-state index < -0.39 is 5.97 Å². The highest BCUT2D eigenvalue weighted by molar-refractivity contribution is 9.11. The monoisotopic (exact) mass is 323 g/mol. The summed E-state index contributed by atoms with van der Waals surface area (Å²) in [6.45, 7) is 0. The Labute approximate surface area is 116 Å². The highest BCUT2D eigenvalue weighted by atomic mass is 79.9. The summed E-state index contributed by atoms with van der Waals surface area (Å²) >= 11 is 4.91. The average Bonchev–Trinajstić information content (AvgIpc) is 2.75. The molecule has 0 amide bonds. The zero-order valence-electron chi connectivity index (χ0n) is 9.09. The van der Waals surface area contributed by atoms with Crippen molar-refractivity contribution in [2.75, 3.05) is 5.43 Å². The number of carbonyl (C=O) groups is 1. The van der Waals surface area contributed by atoms with Crippen LogP contribution in [0.5, 0.6) is 0 Å². The third-order valence-corrected chi connectivity index (χ3v) is 3.64. The van der Waals surface area contributed by atoms with Gasteiger partial charge < -0.3 is 9.90 Å². The summed E-state index contributed by atoms with van der Waals surface area (Å²) in [6.07, 6.45) is 1.67. The molecule has 0 saturated heterocycles. The van der Waals surface area contributed by atoms with E-state index in [4.69, 9.17) is 0 Å². The van der Waals surface area contributed by atoms with Gasteiger partial charge in [-0.25, -0.2) is 0 Å². The maximum absolute atomic E-state index is 10.7. The Balaban J connectivity index is 2.04. The quantitative estimate of drug-likeness (QED) is 0.693. The van der Waals surface area contributed by atoms with Gasteiger partial charge in [-0.05, 0) is 45.8 Å². The fourth-order valence-electron chi connectivity index (χ4n) is 1.28. The number of nitrogens with zero attached hydrogens (tertiary/aromatic N) is 1. The minimum Gasteiger partial charge on any atom is -0.545 e. The predicted molar refractivity (Wildman–Crippen MR) is 74.0 cm³/mol. The number of benzene rings is 1. The lowest BCUT2D eigenvalue weighted by Crippen LogP contribution is -2.22. The number of rotatable bonds is 4. The smallest absolute Gasteiger partial charge is 0.0716 e. The Hall–Kier alpha value is -1.66. The third kappa shape index (κ3) is 3.41. The van der Waals surface area contributed by atoms with Gasteiger partial charge in [-0.1, -0.05) is 12.1 Å². The molecule has 0 unspecified atom stereocenters. The molecule has 0 aliphatic carbocycles. The summed E-state index contributed by atoms with van der Waals surface area (Å²) in [5.41, 5.74) is 3.49. The van der Waals surface area contributed by atoms with E-state index in [0.717, 1.165) is 8.66 Å². The van der Waals surface area contributed by atoms with Gasteiger partial charge in [0, 0.05) is 4.88 Å². The molecule has 1 heterocycles. The molecule has 0 bridgehead atoms. The summed E-state index contributed by atoms with van der Waals surface area (Å²) in [5.74, 6) is -1.20. The van der Waals surface area contributed by atoms with Gasteiger partial charge in [-0.15, -0.1) is 11.3 Å². The second-order valence-corrected chi connectivity index (χ2v) is 5.87. The van der Waals surface area contributed by atoms with Crippen LogP contribution in [-0.4, -0.2) is 12.2 Å². The van der Waals surface area contributed by atoms with Crippen LogP contribution in [-0.2, 0) is 0 Å². The Morgan fingerprint density at radius 1 is 1.39 bits per heavy atom. The van der Waals surface area contributed by atoms with Crippen LogP contribution in [0, 0.1) is 0 Å². The van der Waals surface area contributed by atoms with E-state index >= 15 is 0 Å². The lowest BCUT2D eigenvalue weighted by molar-refractivity contribution is -0.255. The van der Waals surface area contributed by atoms with E-state index in [-0.39, 0.29) is 5.56 Å². The molecule has 0 fully saturated rings. The first-order valence-corrected chi connectivity index (χ1v) is 6.62. The molecule has 0 aliphatic rings. The minimum atomic E-state index is -1.20. The maximum Gasteiger partial charge on any atom is 0.0716 e. The third-order valence-electron chi connectivity index (χ3n) is 2.08. The van der Waals surface area contributed by atoms with E-state index in [1.165, 1.54) is 12.1 Å². The Kier molecular flexibility index (Phi) is 4.11. The van der Waals surface area contributed by atoms with E-state index in [0.29, 0.717) is 5.69 Å². The number of thiophene rings is 1. The summed E-state index contributed by atoms with van der Waals surface area (Å²) in [7, 11) is 0. The molecule has 0 radical (unpaired) electrons. The van der Waals surface area contributed by atoms with Crippen molar-refractivity contribution in [1.29, 1.82) is 0 Å². The molecule has 1 aromatic heterocycles. The molecule has 92 valence electrons. The molecular formula is C12H8BrN2O2S-. The second-order valence-electron chi connectivity index (χ2n) is 3.38. The van der Waals surface area contributed by atoms with Gasteiger partial charge in [0.05, 0.1) is 21.7 Å². The minimum absolute atomic E-state index is 0.120. The van der Waals surface area contributed by atoms with Crippen molar-refractivity contribution < 1.29 is 9.90 Å². The standard InChI is InChI=1S/C12H9BrN2O2S/c13-11-5-4-10(18-11)7-14-15-9-3-1-2-8(6-9)12(16)17/h1-7,15H,(H,16,17)/p-1/b14-7-. The van der Waals surface area contributed by atoms with Gasteiger partial charge in [0.2, 0.25) is 0 Å². The second kappa shape index (κ2) is 5.79. The molecule has 0 aliphatic heterocycles. The van der Waals surface area contributed by atoms with Gasteiger partial charge >= 0.3 is 0 Å². The zero-order valence-corrected chi connectivity index (χ0v) is 11.5. The fraction of sp³-hybridized carbons (Fsp3) is 0. The Bertz CT molecular complexity index is 595. The van der Waals surface area contributed by atoms with Gasteiger partial charge in [0.1, 0.15) is 0 Å². The molecule has 0 saturated carbocycles. The number of halogens is 1. The highest BCUT2D eigenvalue weighted by Crippen LogP contribution is 2.20. The van der Waals surface area contributed by atoms with E-state index in [2.05, 4.69) is 26.5 Å². The first kappa shape index (κ1) is 12.8. The molecular weight excluding hydrogens is 316 g/mol. The molecule has 0 atom stereocenters. The molecule has 2 aromatic rings. The normalized spacial score (nSPS) is 10.7. The highest BCUT2D eigenvalue weighted by Gasteiger charge is 1.96. The van der Waals surface area contributed by atoms with E-state index in [1.54, 1.807) is 29.7 Å². The van der Waals surface area contributed by atoms with Crippen LogP contribution < -0.4 is 10.5 Å². The number of hydrogen-bond donors (Lipinski definition) is 1. The summed E-state index contributed by atoms with van der Waals surface area (Å²) in [4.78, 5) is 11.7. The van der Waals surface area contributed by atoms with Crippen LogP contribution in [0.2, 0.25) is 0 Å². The Morgan fingerprint density at radius 3 is 2.89 bits per heavy atom. The average molecular weight is 324 g/mol. The molecule has 4 nitrogen and oxygen atoms in total. The van der Waals surface area contributed by atoms with Crippen molar-refractivity contribution in [3.8, 4) is 0 Å². The van der Waals surface area contributed by atoms with Crippen LogP contribution in [0.3, 0.4) is 0 Å². The van der Waals surface area contributed by atoms with Gasteiger partial charge in [-0.2, -0.15) is 5.10 Å². The molecule has 1 N–H and O–H groups in total. The molecule has 1 aromatic carbocycles. The zero-order chi connectivity index (χ0) is 13.0. The van der Waals surface area contributed by atoms with Crippen LogP contribution in [0.4, 0.5) is 5.69 Å². The van der Waals surface area contributed by atoms with Crippen molar-refractivity contribution in [3.05, 3.63) is 50.6 Å². The van der Waals surface area contributed by atoms with Crippen molar-refractivity contribution in [2.24, 2.45) is 5.10 Å². The van der Waals surface area contributed by atoms with Crippen molar-refractivity contribution >= 4 is 45.1 Å². The summed E-state index contributed by atoms with van der Waals surface area (Å²) in [5, 5.41) is 14.7. The van der Waals surface area contributed by atoms with Crippen molar-refractivity contribution in [1.82, 2.24) is 0 Å². The lowest BCUT2D eigenvalue weighted by atomic mass is 10.2. The van der Waals surface area contributed by atoms with Crippen LogP contribution >= 0.6 is 27.3 Å². The Morgan fingerprint density at radius 2 is 2.22 bits per heavy atom. The topological polar surface area (TPSA) is 64.5 Å². The van der Waals surface area contributed by atoms with Gasteiger partial charge in [0.25, 0.3) is 0 Å². The number of hydrazone groups is 1. The van der Waals surface area contributed by atoms with Gasteiger partial charge in [-0.3, -0.25) is 5.43 Å². The molecule has 6 heteroatoms. The van der Waals surface area contributed by atoms with Crippen LogP contribution in [0.25, 0.3) is 0 Å². The number of carbonyl (C=O) groups excluding carboxylic acids is 1. The maximum atomic E-state index is 10.7. The van der Waals surface area contributed by atoms with E-state index in [1.807, 2.05) is 12.1 Å². The number of carboxylic acid groups (broad SMARTS) is 1. The largest absolute Gasteiger partial charge is 0.545 e. The number of anilines is 1. The first-order chi connectivity index (χ1) is 8.65. The van der Waals surface area contributed by atoms with Crippen LogP contribution in [0.15, 0.2) is 45.3 Å². The fourth-order valence-corrected chi connectivity index (χ4v) is 2.58.